The van der Waals surface area contributed by atoms with Gasteiger partial charge in [-0.25, -0.2) is 4.98 Å². The molecule has 1 atom stereocenters. The first-order chi connectivity index (χ1) is 11.1. The van der Waals surface area contributed by atoms with E-state index < -0.39 is 6.55 Å². The minimum atomic E-state index is -2.56. The molecule has 1 N–H and O–H groups in total. The number of piperazine rings is 1. The Morgan fingerprint density at radius 1 is 1.28 bits per heavy atom. The normalized spacial score (nSPS) is 21.1. The van der Waals surface area contributed by atoms with E-state index in [1.54, 1.807) is 0 Å². The van der Waals surface area contributed by atoms with Gasteiger partial charge in [-0.1, -0.05) is 0 Å². The van der Waals surface area contributed by atoms with E-state index in [-0.39, 0.29) is 30.7 Å². The van der Waals surface area contributed by atoms with Gasteiger partial charge in [-0.2, -0.15) is 8.78 Å². The molecule has 2 aliphatic heterocycles. The first-order valence-corrected chi connectivity index (χ1v) is 8.17. The molecule has 3 heterocycles. The molecule has 0 aliphatic carbocycles. The summed E-state index contributed by atoms with van der Waals surface area (Å²) in [7, 11) is 0. The van der Waals surface area contributed by atoms with Gasteiger partial charge in [-0.3, -0.25) is 14.3 Å². The van der Waals surface area contributed by atoms with Crippen molar-refractivity contribution in [3.05, 3.63) is 18.2 Å². The number of imidazole rings is 1. The first kappa shape index (κ1) is 22.1. The molecule has 10 heteroatoms. The van der Waals surface area contributed by atoms with Crippen LogP contribution >= 0.6 is 24.8 Å². The summed E-state index contributed by atoms with van der Waals surface area (Å²) in [5, 5.41) is 3.34. The van der Waals surface area contributed by atoms with Gasteiger partial charge in [0, 0.05) is 51.0 Å². The fraction of sp³-hybridized carbons (Fsp3) is 0.733. The third-order valence-corrected chi connectivity index (χ3v) is 4.63. The van der Waals surface area contributed by atoms with Crippen LogP contribution in [0.25, 0.3) is 0 Å². The van der Waals surface area contributed by atoms with Crippen molar-refractivity contribution < 1.29 is 13.6 Å². The molecule has 144 valence electrons. The van der Waals surface area contributed by atoms with Crippen molar-refractivity contribution in [2.24, 2.45) is 0 Å². The molecule has 1 unspecified atom stereocenters. The van der Waals surface area contributed by atoms with Crippen LogP contribution in [-0.4, -0.2) is 64.0 Å². The molecule has 0 spiro atoms. The van der Waals surface area contributed by atoms with Crippen molar-refractivity contribution in [3.63, 3.8) is 0 Å². The van der Waals surface area contributed by atoms with E-state index in [1.807, 2.05) is 4.90 Å². The highest BCUT2D eigenvalue weighted by Crippen LogP contribution is 2.16. The minimum absolute atomic E-state index is 0. The zero-order chi connectivity index (χ0) is 16.2. The maximum atomic E-state index is 12.8. The number of nitrogens with zero attached hydrogens (tertiary/aromatic N) is 4. The summed E-state index contributed by atoms with van der Waals surface area (Å²) < 4.78 is 26.5. The average Bonchev–Trinajstić information content (AvgIpc) is 3.19. The Labute approximate surface area is 158 Å². The van der Waals surface area contributed by atoms with E-state index in [0.29, 0.717) is 51.0 Å². The zero-order valence-electron chi connectivity index (χ0n) is 13.9. The van der Waals surface area contributed by atoms with Crippen LogP contribution in [0.15, 0.2) is 12.4 Å². The summed E-state index contributed by atoms with van der Waals surface area (Å²) in [5.74, 6) is 0.563. The van der Waals surface area contributed by atoms with Gasteiger partial charge >= 0.3 is 6.55 Å². The first-order valence-electron chi connectivity index (χ1n) is 8.17. The van der Waals surface area contributed by atoms with Crippen LogP contribution in [0.3, 0.4) is 0 Å². The monoisotopic (exact) mass is 399 g/mol. The summed E-state index contributed by atoms with van der Waals surface area (Å²) in [5.41, 5.74) is 0. The predicted molar refractivity (Wildman–Crippen MR) is 95.5 cm³/mol. The molecule has 2 saturated heterocycles. The van der Waals surface area contributed by atoms with Crippen LogP contribution < -0.4 is 5.32 Å². The molecular formula is C15H25Cl2F2N5O. The van der Waals surface area contributed by atoms with Crippen LogP contribution in [0.5, 0.6) is 0 Å². The Morgan fingerprint density at radius 3 is 2.60 bits per heavy atom. The van der Waals surface area contributed by atoms with Crippen LogP contribution in [0.4, 0.5) is 8.78 Å². The Kier molecular flexibility index (Phi) is 9.06. The molecule has 1 aromatic heterocycles. The molecule has 2 fully saturated rings. The fourth-order valence-corrected chi connectivity index (χ4v) is 3.27. The molecule has 1 aromatic rings. The largest absolute Gasteiger partial charge is 0.340 e. The molecular weight excluding hydrogens is 375 g/mol. The quantitative estimate of drug-likeness (QED) is 0.821. The molecule has 1 amide bonds. The van der Waals surface area contributed by atoms with Gasteiger partial charge in [0.15, 0.2) is 0 Å². The molecule has 0 aromatic carbocycles. The smallest absolute Gasteiger partial charge is 0.319 e. The van der Waals surface area contributed by atoms with Crippen LogP contribution in [0.2, 0.25) is 0 Å². The maximum absolute atomic E-state index is 12.8. The van der Waals surface area contributed by atoms with Gasteiger partial charge in [0.25, 0.3) is 0 Å². The van der Waals surface area contributed by atoms with Crippen molar-refractivity contribution in [1.29, 1.82) is 0 Å². The number of halogens is 4. The highest BCUT2D eigenvalue weighted by atomic mass is 35.5. The van der Waals surface area contributed by atoms with Gasteiger partial charge in [-0.05, 0) is 19.4 Å². The van der Waals surface area contributed by atoms with Gasteiger partial charge in [0.2, 0.25) is 5.91 Å². The number of aromatic nitrogens is 2. The Balaban J connectivity index is 0.00000156. The second-order valence-electron chi connectivity index (χ2n) is 6.18. The van der Waals surface area contributed by atoms with Crippen molar-refractivity contribution in [1.82, 2.24) is 24.7 Å². The zero-order valence-corrected chi connectivity index (χ0v) is 15.6. The van der Waals surface area contributed by atoms with Crippen molar-refractivity contribution in [2.45, 2.75) is 38.4 Å². The number of amides is 1. The van der Waals surface area contributed by atoms with Crippen LogP contribution in [-0.2, 0) is 11.3 Å². The Hall–Kier alpha value is -0.960. The molecule has 25 heavy (non-hydrogen) atoms. The molecule has 0 saturated carbocycles. The van der Waals surface area contributed by atoms with E-state index in [0.717, 1.165) is 24.0 Å². The lowest BCUT2D eigenvalue weighted by molar-refractivity contribution is -0.133. The number of alkyl halides is 2. The molecule has 3 rings (SSSR count). The molecule has 0 bridgehead atoms. The highest BCUT2D eigenvalue weighted by molar-refractivity contribution is 5.85. The topological polar surface area (TPSA) is 53.4 Å². The van der Waals surface area contributed by atoms with Crippen molar-refractivity contribution >= 4 is 30.7 Å². The molecule has 2 aliphatic rings. The van der Waals surface area contributed by atoms with E-state index in [1.165, 1.54) is 12.4 Å². The number of nitrogens with one attached hydrogen (secondary N) is 1. The minimum Gasteiger partial charge on any atom is -0.340 e. The lowest BCUT2D eigenvalue weighted by Crippen LogP contribution is -2.49. The third kappa shape index (κ3) is 5.77. The maximum Gasteiger partial charge on any atom is 0.319 e. The predicted octanol–water partition coefficient (Wildman–Crippen LogP) is 1.91. The summed E-state index contributed by atoms with van der Waals surface area (Å²) in [6.45, 7) is 1.53. The number of hydrogen-bond acceptors (Lipinski definition) is 4. The summed E-state index contributed by atoms with van der Waals surface area (Å²) in [6.07, 6.45) is 5.48. The Bertz CT molecular complexity index is 532. The van der Waals surface area contributed by atoms with Crippen molar-refractivity contribution in [2.75, 3.05) is 32.7 Å². The SMILES string of the molecule is Cl.Cl.O=C(CC1CCCN1)N1CCN(Cc2nccn2C(F)F)CC1. The fourth-order valence-electron chi connectivity index (χ4n) is 3.27. The molecule has 0 radical (unpaired) electrons. The standard InChI is InChI=1S/C15H23F2N5O.2ClH/c16-15(17)22-5-4-19-13(22)11-20-6-8-21(9-7-20)14(23)10-12-2-1-3-18-12;;/h4-5,12,15,18H,1-3,6-11H2;2*1H. The van der Waals surface area contributed by atoms with Gasteiger partial charge in [0.05, 0.1) is 6.54 Å². The second kappa shape index (κ2) is 10.3. The number of carbonyl (C=O) groups is 1. The summed E-state index contributed by atoms with van der Waals surface area (Å²) >= 11 is 0. The number of rotatable bonds is 5. The number of hydrogen-bond donors (Lipinski definition) is 1. The van der Waals surface area contributed by atoms with Crippen LogP contribution in [0.1, 0.15) is 31.6 Å². The molecule has 6 nitrogen and oxygen atoms in total. The average molecular weight is 400 g/mol. The van der Waals surface area contributed by atoms with E-state index in [4.69, 9.17) is 0 Å². The van der Waals surface area contributed by atoms with Crippen molar-refractivity contribution in [3.8, 4) is 0 Å². The Morgan fingerprint density at radius 2 is 2.00 bits per heavy atom. The second-order valence-corrected chi connectivity index (χ2v) is 6.18. The lowest BCUT2D eigenvalue weighted by atomic mass is 10.1. The van der Waals surface area contributed by atoms with E-state index >= 15 is 0 Å². The summed E-state index contributed by atoms with van der Waals surface area (Å²) in [4.78, 5) is 20.2. The number of carbonyl (C=O) groups excluding carboxylic acids is 1. The lowest BCUT2D eigenvalue weighted by Gasteiger charge is -2.35. The third-order valence-electron chi connectivity index (χ3n) is 4.63. The highest BCUT2D eigenvalue weighted by Gasteiger charge is 2.25. The van der Waals surface area contributed by atoms with E-state index in [9.17, 15) is 13.6 Å². The van der Waals surface area contributed by atoms with E-state index in [2.05, 4.69) is 15.2 Å². The summed E-state index contributed by atoms with van der Waals surface area (Å²) in [6, 6.07) is 0.319. The van der Waals surface area contributed by atoms with Gasteiger partial charge in [-0.15, -0.1) is 24.8 Å². The van der Waals surface area contributed by atoms with Gasteiger partial charge in [0.1, 0.15) is 5.82 Å². The van der Waals surface area contributed by atoms with Crippen LogP contribution in [0, 0.1) is 0 Å². The van der Waals surface area contributed by atoms with Gasteiger partial charge < -0.3 is 10.2 Å².